The van der Waals surface area contributed by atoms with Crippen LogP contribution in [-0.2, 0) is 5.75 Å². The molecule has 0 saturated heterocycles. The molecule has 4 rings (SSSR count). The highest BCUT2D eigenvalue weighted by atomic mass is 35.5. The van der Waals surface area contributed by atoms with Crippen LogP contribution >= 0.6 is 23.4 Å². The van der Waals surface area contributed by atoms with Crippen LogP contribution in [0.5, 0.6) is 0 Å². The Bertz CT molecular complexity index is 1090. The van der Waals surface area contributed by atoms with Gasteiger partial charge in [-0.25, -0.2) is 0 Å². The number of hydrogen-bond acceptors (Lipinski definition) is 7. The van der Waals surface area contributed by atoms with Gasteiger partial charge in [-0.15, -0.1) is 5.10 Å². The first kappa shape index (κ1) is 17.7. The van der Waals surface area contributed by atoms with E-state index in [4.69, 9.17) is 16.1 Å². The molecule has 2 heterocycles. The lowest BCUT2D eigenvalue weighted by molar-refractivity contribution is 0.425. The Morgan fingerprint density at radius 1 is 1.15 bits per heavy atom. The second kappa shape index (κ2) is 7.50. The van der Waals surface area contributed by atoms with E-state index in [1.165, 1.54) is 17.3 Å². The van der Waals surface area contributed by atoms with Gasteiger partial charge in [0.25, 0.3) is 5.89 Å². The standard InChI is InChI=1S/C18H15ClN6OS/c1-11-7-8-15(12(2)9-11)25-18(21-23-24-25)27-10-16-20-17(26-22-16)13-5-3-4-6-14(13)19/h3-9H,10H2,1-2H3. The quantitative estimate of drug-likeness (QED) is 0.464. The second-order valence-corrected chi connectivity index (χ2v) is 7.30. The van der Waals surface area contributed by atoms with E-state index in [2.05, 4.69) is 38.7 Å². The Kier molecular flexibility index (Phi) is 4.91. The summed E-state index contributed by atoms with van der Waals surface area (Å²) >= 11 is 7.61. The van der Waals surface area contributed by atoms with Crippen LogP contribution in [0.25, 0.3) is 17.1 Å². The Balaban J connectivity index is 1.52. The first-order valence-corrected chi connectivity index (χ1v) is 9.54. The van der Waals surface area contributed by atoms with Gasteiger partial charge in [0.15, 0.2) is 5.82 Å². The highest BCUT2D eigenvalue weighted by molar-refractivity contribution is 7.98. The maximum absolute atomic E-state index is 6.18. The summed E-state index contributed by atoms with van der Waals surface area (Å²) in [6.07, 6.45) is 0. The van der Waals surface area contributed by atoms with E-state index in [1.54, 1.807) is 10.7 Å². The van der Waals surface area contributed by atoms with Crippen LogP contribution in [0.2, 0.25) is 5.02 Å². The lowest BCUT2D eigenvalue weighted by atomic mass is 10.1. The van der Waals surface area contributed by atoms with E-state index in [9.17, 15) is 0 Å². The van der Waals surface area contributed by atoms with Crippen molar-refractivity contribution in [1.82, 2.24) is 30.3 Å². The molecule has 0 atom stereocenters. The minimum absolute atomic E-state index is 0.394. The van der Waals surface area contributed by atoms with Crippen LogP contribution in [0.3, 0.4) is 0 Å². The molecular formula is C18H15ClN6OS. The zero-order chi connectivity index (χ0) is 18.8. The van der Waals surface area contributed by atoms with Gasteiger partial charge in [0.1, 0.15) is 0 Å². The van der Waals surface area contributed by atoms with Crippen LogP contribution in [0.1, 0.15) is 17.0 Å². The number of halogens is 1. The largest absolute Gasteiger partial charge is 0.334 e. The van der Waals surface area contributed by atoms with Crippen molar-refractivity contribution >= 4 is 23.4 Å². The number of rotatable bonds is 5. The Labute approximate surface area is 164 Å². The van der Waals surface area contributed by atoms with Gasteiger partial charge in [0.2, 0.25) is 5.16 Å². The summed E-state index contributed by atoms with van der Waals surface area (Å²) in [5, 5.41) is 17.3. The van der Waals surface area contributed by atoms with Crippen LogP contribution in [0, 0.1) is 13.8 Å². The Morgan fingerprint density at radius 3 is 2.81 bits per heavy atom. The SMILES string of the molecule is Cc1ccc(-n2nnnc2SCc2noc(-c3ccccc3Cl)n2)c(C)c1. The molecule has 2 aromatic heterocycles. The highest BCUT2D eigenvalue weighted by Crippen LogP contribution is 2.28. The van der Waals surface area contributed by atoms with E-state index in [0.29, 0.717) is 33.2 Å². The number of thioether (sulfide) groups is 1. The third kappa shape index (κ3) is 3.72. The van der Waals surface area contributed by atoms with E-state index in [-0.39, 0.29) is 0 Å². The molecule has 0 fully saturated rings. The minimum atomic E-state index is 0.394. The third-order valence-corrected chi connectivity index (χ3v) is 5.17. The molecule has 0 aliphatic heterocycles. The molecule has 9 heteroatoms. The molecule has 0 saturated carbocycles. The fourth-order valence-corrected chi connectivity index (χ4v) is 3.59. The lowest BCUT2D eigenvalue weighted by Gasteiger charge is -2.07. The zero-order valence-corrected chi connectivity index (χ0v) is 16.2. The first-order valence-electron chi connectivity index (χ1n) is 8.18. The predicted molar refractivity (Wildman–Crippen MR) is 103 cm³/mol. The molecule has 0 bridgehead atoms. The van der Waals surface area contributed by atoms with Crippen LogP contribution in [0.15, 0.2) is 52.1 Å². The van der Waals surface area contributed by atoms with Gasteiger partial charge >= 0.3 is 0 Å². The molecular weight excluding hydrogens is 384 g/mol. The number of benzene rings is 2. The second-order valence-electron chi connectivity index (χ2n) is 5.95. The van der Waals surface area contributed by atoms with Gasteiger partial charge < -0.3 is 4.52 Å². The van der Waals surface area contributed by atoms with E-state index in [1.807, 2.05) is 37.3 Å². The lowest BCUT2D eigenvalue weighted by Crippen LogP contribution is -2.02. The predicted octanol–water partition coefficient (Wildman–Crippen LogP) is 4.27. The van der Waals surface area contributed by atoms with Crippen molar-refractivity contribution in [2.45, 2.75) is 24.8 Å². The monoisotopic (exact) mass is 398 g/mol. The van der Waals surface area contributed by atoms with Crippen molar-refractivity contribution in [3.05, 3.63) is 64.4 Å². The van der Waals surface area contributed by atoms with Gasteiger partial charge in [-0.3, -0.25) is 0 Å². The summed E-state index contributed by atoms with van der Waals surface area (Å²) < 4.78 is 7.05. The molecule has 27 heavy (non-hydrogen) atoms. The minimum Gasteiger partial charge on any atom is -0.334 e. The van der Waals surface area contributed by atoms with Gasteiger partial charge in [-0.1, -0.05) is 58.3 Å². The highest BCUT2D eigenvalue weighted by Gasteiger charge is 2.15. The molecule has 0 unspecified atom stereocenters. The number of hydrogen-bond donors (Lipinski definition) is 0. The van der Waals surface area contributed by atoms with Crippen molar-refractivity contribution in [3.63, 3.8) is 0 Å². The molecule has 0 N–H and O–H groups in total. The van der Waals surface area contributed by atoms with Crippen molar-refractivity contribution in [2.24, 2.45) is 0 Å². The Hall–Kier alpha value is -2.71. The third-order valence-electron chi connectivity index (χ3n) is 3.92. The fourth-order valence-electron chi connectivity index (χ4n) is 2.65. The van der Waals surface area contributed by atoms with Crippen molar-refractivity contribution < 1.29 is 4.52 Å². The van der Waals surface area contributed by atoms with Crippen LogP contribution < -0.4 is 0 Å². The number of tetrazole rings is 1. The topological polar surface area (TPSA) is 82.5 Å². The fraction of sp³-hybridized carbons (Fsp3) is 0.167. The molecule has 0 amide bonds. The summed E-state index contributed by atoms with van der Waals surface area (Å²) in [6, 6.07) is 13.5. The molecule has 0 aliphatic rings. The summed E-state index contributed by atoms with van der Waals surface area (Å²) in [7, 11) is 0. The maximum Gasteiger partial charge on any atom is 0.259 e. The van der Waals surface area contributed by atoms with Gasteiger partial charge in [0.05, 0.1) is 22.0 Å². The van der Waals surface area contributed by atoms with Gasteiger partial charge in [0, 0.05) is 0 Å². The van der Waals surface area contributed by atoms with E-state index in [0.717, 1.165) is 11.3 Å². The van der Waals surface area contributed by atoms with E-state index < -0.39 is 0 Å². The van der Waals surface area contributed by atoms with Gasteiger partial charge in [-0.2, -0.15) is 9.67 Å². The number of aromatic nitrogens is 6. The van der Waals surface area contributed by atoms with E-state index >= 15 is 0 Å². The average Bonchev–Trinajstić information content (AvgIpc) is 3.30. The normalized spacial score (nSPS) is 11.1. The number of nitrogens with zero attached hydrogens (tertiary/aromatic N) is 6. The summed E-state index contributed by atoms with van der Waals surface area (Å²) in [4.78, 5) is 4.41. The summed E-state index contributed by atoms with van der Waals surface area (Å²) in [6.45, 7) is 4.09. The van der Waals surface area contributed by atoms with Crippen LogP contribution in [0.4, 0.5) is 0 Å². The molecule has 0 aliphatic carbocycles. The molecule has 0 spiro atoms. The van der Waals surface area contributed by atoms with Gasteiger partial charge in [-0.05, 0) is 48.0 Å². The molecule has 2 aromatic carbocycles. The average molecular weight is 399 g/mol. The maximum atomic E-state index is 6.18. The summed E-state index contributed by atoms with van der Waals surface area (Å²) in [5.41, 5.74) is 3.95. The zero-order valence-electron chi connectivity index (χ0n) is 14.6. The molecule has 7 nitrogen and oxygen atoms in total. The Morgan fingerprint density at radius 2 is 2.00 bits per heavy atom. The van der Waals surface area contributed by atoms with Crippen LogP contribution in [-0.4, -0.2) is 30.3 Å². The van der Waals surface area contributed by atoms with Crippen molar-refractivity contribution in [1.29, 1.82) is 0 Å². The summed E-state index contributed by atoms with van der Waals surface area (Å²) in [5.74, 6) is 1.41. The molecule has 0 radical (unpaired) electrons. The molecule has 136 valence electrons. The van der Waals surface area contributed by atoms with Crippen molar-refractivity contribution in [3.8, 4) is 17.1 Å². The smallest absolute Gasteiger partial charge is 0.259 e. The number of aryl methyl sites for hydroxylation is 2. The van der Waals surface area contributed by atoms with Crippen molar-refractivity contribution in [2.75, 3.05) is 0 Å². The first-order chi connectivity index (χ1) is 13.1. The molecule has 4 aromatic rings.